The van der Waals surface area contributed by atoms with Crippen LogP contribution in [0.2, 0.25) is 0 Å². The molecule has 0 aromatic carbocycles. The minimum Gasteiger partial charge on any atom is -0.461 e. The van der Waals surface area contributed by atoms with Crippen molar-refractivity contribution in [2.45, 2.75) is 19.1 Å². The molecule has 0 radical (unpaired) electrons. The van der Waals surface area contributed by atoms with E-state index in [4.69, 9.17) is 4.42 Å². The summed E-state index contributed by atoms with van der Waals surface area (Å²) in [5.74, 6) is 0.275. The van der Waals surface area contributed by atoms with Crippen molar-refractivity contribution in [2.24, 2.45) is 0 Å². The molecule has 0 spiro atoms. The quantitative estimate of drug-likeness (QED) is 0.753. The summed E-state index contributed by atoms with van der Waals surface area (Å²) in [6, 6.07) is 3.32. The lowest BCUT2D eigenvalue weighted by Gasteiger charge is -2.34. The fourth-order valence-corrected chi connectivity index (χ4v) is 3.43. The highest BCUT2D eigenvalue weighted by atomic mass is 32.2. The first kappa shape index (κ1) is 15.2. The second-order valence-electron chi connectivity index (χ2n) is 5.17. The Labute approximate surface area is 119 Å². The topological polar surface area (TPSA) is 70.8 Å². The molecule has 7 heteroatoms. The second kappa shape index (κ2) is 6.07. The van der Waals surface area contributed by atoms with E-state index in [9.17, 15) is 13.2 Å². The Bertz CT molecular complexity index is 543. The van der Waals surface area contributed by atoms with Crippen LogP contribution in [0.15, 0.2) is 22.8 Å². The van der Waals surface area contributed by atoms with Crippen LogP contribution in [-0.2, 0) is 10.0 Å². The number of nitrogens with zero attached hydrogens (tertiary/aromatic N) is 2. The van der Waals surface area contributed by atoms with Crippen LogP contribution in [0.25, 0.3) is 0 Å². The van der Waals surface area contributed by atoms with Crippen molar-refractivity contribution in [3.63, 3.8) is 0 Å². The summed E-state index contributed by atoms with van der Waals surface area (Å²) >= 11 is 0. The molecule has 20 heavy (non-hydrogen) atoms. The van der Waals surface area contributed by atoms with Crippen molar-refractivity contribution in [3.8, 4) is 0 Å². The number of sulfonamides is 1. The highest BCUT2D eigenvalue weighted by molar-refractivity contribution is 7.89. The number of furan rings is 1. The van der Waals surface area contributed by atoms with Crippen LogP contribution in [-0.4, -0.2) is 61.4 Å². The molecule has 0 bridgehead atoms. The number of carbonyl (C=O) groups is 1. The van der Waals surface area contributed by atoms with Crippen LogP contribution in [0.1, 0.15) is 24.4 Å². The van der Waals surface area contributed by atoms with Crippen molar-refractivity contribution in [1.82, 2.24) is 9.21 Å². The van der Waals surface area contributed by atoms with Gasteiger partial charge >= 0.3 is 0 Å². The first-order valence-corrected chi connectivity index (χ1v) is 8.19. The third-order valence-electron chi connectivity index (χ3n) is 3.45. The fourth-order valence-electron chi connectivity index (χ4n) is 2.16. The molecule has 0 atom stereocenters. The average molecular weight is 300 g/mol. The summed E-state index contributed by atoms with van der Waals surface area (Å²) < 4.78 is 30.6. The van der Waals surface area contributed by atoms with E-state index in [0.717, 1.165) is 0 Å². The summed E-state index contributed by atoms with van der Waals surface area (Å²) in [5, 5.41) is -0.404. The van der Waals surface area contributed by atoms with Crippen molar-refractivity contribution in [2.75, 3.05) is 32.7 Å². The van der Waals surface area contributed by atoms with Crippen LogP contribution in [0.4, 0.5) is 0 Å². The maximum Gasteiger partial charge on any atom is 0.216 e. The van der Waals surface area contributed by atoms with Crippen LogP contribution in [0.5, 0.6) is 0 Å². The number of carbonyl (C=O) groups excluding carboxylic acids is 1. The van der Waals surface area contributed by atoms with E-state index in [0.29, 0.717) is 31.9 Å². The summed E-state index contributed by atoms with van der Waals surface area (Å²) in [7, 11) is -3.19. The Balaban J connectivity index is 1.88. The van der Waals surface area contributed by atoms with Gasteiger partial charge in [-0.3, -0.25) is 9.69 Å². The minimum atomic E-state index is -3.19. The first-order valence-electron chi connectivity index (χ1n) is 6.69. The Morgan fingerprint density at radius 2 is 1.95 bits per heavy atom. The lowest BCUT2D eigenvalue weighted by molar-refractivity contribution is 0.0874. The zero-order valence-corrected chi connectivity index (χ0v) is 12.6. The van der Waals surface area contributed by atoms with Gasteiger partial charge in [0.05, 0.1) is 18.1 Å². The van der Waals surface area contributed by atoms with E-state index in [1.54, 1.807) is 26.0 Å². The summed E-state index contributed by atoms with van der Waals surface area (Å²) in [6.45, 7) is 5.64. The van der Waals surface area contributed by atoms with Gasteiger partial charge in [0.1, 0.15) is 0 Å². The van der Waals surface area contributed by atoms with Gasteiger partial charge in [0.2, 0.25) is 15.8 Å². The van der Waals surface area contributed by atoms with Gasteiger partial charge in [-0.05, 0) is 26.0 Å². The number of ketones is 1. The molecule has 1 aliphatic rings. The average Bonchev–Trinajstić information content (AvgIpc) is 2.93. The van der Waals surface area contributed by atoms with Gasteiger partial charge in [0.15, 0.2) is 5.76 Å². The number of piperazine rings is 1. The van der Waals surface area contributed by atoms with Gasteiger partial charge in [-0.2, -0.15) is 4.31 Å². The van der Waals surface area contributed by atoms with Crippen molar-refractivity contribution in [1.29, 1.82) is 0 Å². The van der Waals surface area contributed by atoms with Crippen molar-refractivity contribution in [3.05, 3.63) is 24.2 Å². The number of hydrogen-bond donors (Lipinski definition) is 0. The Morgan fingerprint density at radius 1 is 1.30 bits per heavy atom. The molecule has 2 heterocycles. The maximum atomic E-state index is 12.0. The third kappa shape index (κ3) is 3.28. The van der Waals surface area contributed by atoms with Crippen LogP contribution in [0.3, 0.4) is 0 Å². The molecule has 1 fully saturated rings. The molecule has 0 amide bonds. The standard InChI is InChI=1S/C13H20N2O4S/c1-11(2)20(17,18)15-7-5-14(6-8-15)10-12(16)13-4-3-9-19-13/h3-4,9,11H,5-8,10H2,1-2H3. The van der Waals surface area contributed by atoms with Gasteiger partial charge in [0.25, 0.3) is 0 Å². The normalized spacial score (nSPS) is 18.6. The summed E-state index contributed by atoms with van der Waals surface area (Å²) in [6.07, 6.45) is 1.47. The van der Waals surface area contributed by atoms with E-state index in [1.165, 1.54) is 10.6 Å². The number of rotatable bonds is 5. The molecule has 0 aliphatic carbocycles. The van der Waals surface area contributed by atoms with Gasteiger partial charge in [-0.15, -0.1) is 0 Å². The molecule has 1 aliphatic heterocycles. The molecule has 0 N–H and O–H groups in total. The molecule has 1 aromatic rings. The molecule has 0 saturated carbocycles. The lowest BCUT2D eigenvalue weighted by Crippen LogP contribution is -2.51. The van der Waals surface area contributed by atoms with E-state index >= 15 is 0 Å². The zero-order valence-electron chi connectivity index (χ0n) is 11.8. The summed E-state index contributed by atoms with van der Waals surface area (Å²) in [4.78, 5) is 13.8. The second-order valence-corrected chi connectivity index (χ2v) is 7.66. The first-order chi connectivity index (χ1) is 9.41. The third-order valence-corrected chi connectivity index (χ3v) is 5.73. The Morgan fingerprint density at radius 3 is 2.45 bits per heavy atom. The minimum absolute atomic E-state index is 0.0739. The van der Waals surface area contributed by atoms with Crippen molar-refractivity contribution < 1.29 is 17.6 Å². The van der Waals surface area contributed by atoms with Gasteiger partial charge in [0, 0.05) is 26.2 Å². The molecule has 2 rings (SSSR count). The Hall–Kier alpha value is -1.18. The summed E-state index contributed by atoms with van der Waals surface area (Å²) in [5.41, 5.74) is 0. The molecule has 6 nitrogen and oxygen atoms in total. The van der Waals surface area contributed by atoms with Gasteiger partial charge < -0.3 is 4.42 Å². The zero-order chi connectivity index (χ0) is 14.8. The largest absolute Gasteiger partial charge is 0.461 e. The predicted molar refractivity (Wildman–Crippen MR) is 75.1 cm³/mol. The maximum absolute atomic E-state index is 12.0. The van der Waals surface area contributed by atoms with E-state index in [2.05, 4.69) is 0 Å². The van der Waals surface area contributed by atoms with Crippen molar-refractivity contribution >= 4 is 15.8 Å². The smallest absolute Gasteiger partial charge is 0.216 e. The van der Waals surface area contributed by atoms with Crippen LogP contribution in [0, 0.1) is 0 Å². The highest BCUT2D eigenvalue weighted by Gasteiger charge is 2.30. The fraction of sp³-hybridized carbons (Fsp3) is 0.615. The van der Waals surface area contributed by atoms with E-state index < -0.39 is 15.3 Å². The number of hydrogen-bond acceptors (Lipinski definition) is 5. The van der Waals surface area contributed by atoms with E-state index in [1.807, 2.05) is 4.90 Å². The predicted octanol–water partition coefficient (Wildman–Crippen LogP) is 0.818. The monoisotopic (exact) mass is 300 g/mol. The Kier molecular flexibility index (Phi) is 4.62. The molecule has 1 saturated heterocycles. The highest BCUT2D eigenvalue weighted by Crippen LogP contribution is 2.13. The molecule has 112 valence electrons. The molecular formula is C13H20N2O4S. The SMILES string of the molecule is CC(C)S(=O)(=O)N1CCN(CC(=O)c2ccco2)CC1. The number of Topliss-reactive ketones (excluding diaryl/α,β-unsaturated/α-hetero) is 1. The van der Waals surface area contributed by atoms with Gasteiger partial charge in [-0.25, -0.2) is 8.42 Å². The van der Waals surface area contributed by atoms with Crippen LogP contribution < -0.4 is 0 Å². The molecule has 0 unspecified atom stereocenters. The van der Waals surface area contributed by atoms with E-state index in [-0.39, 0.29) is 12.3 Å². The van der Waals surface area contributed by atoms with Crippen LogP contribution >= 0.6 is 0 Å². The van der Waals surface area contributed by atoms with Gasteiger partial charge in [-0.1, -0.05) is 0 Å². The molecular weight excluding hydrogens is 280 g/mol. The molecule has 1 aromatic heterocycles. The lowest BCUT2D eigenvalue weighted by atomic mass is 10.2.